The first-order chi connectivity index (χ1) is 12.4. The zero-order valence-electron chi connectivity index (χ0n) is 14.6. The van der Waals surface area contributed by atoms with Crippen molar-refractivity contribution in [1.29, 1.82) is 0 Å². The molecule has 0 spiro atoms. The van der Waals surface area contributed by atoms with Crippen LogP contribution in [0.5, 0.6) is 11.5 Å². The third-order valence-electron chi connectivity index (χ3n) is 3.85. The number of nitrogens with two attached hydrogens (primary N) is 1. The number of hydrogen-bond donors (Lipinski definition) is 2. The van der Waals surface area contributed by atoms with Crippen molar-refractivity contribution >= 4 is 17.4 Å². The normalized spacial score (nSPS) is 10.5. The van der Waals surface area contributed by atoms with Crippen LogP contribution in [0.1, 0.15) is 48.5 Å². The van der Waals surface area contributed by atoms with Gasteiger partial charge in [-0.2, -0.15) is 0 Å². The van der Waals surface area contributed by atoms with E-state index in [1.165, 1.54) is 6.07 Å². The van der Waals surface area contributed by atoms with Crippen molar-refractivity contribution in [2.75, 3.05) is 5.73 Å². The van der Waals surface area contributed by atoms with Crippen LogP contribution in [0.25, 0.3) is 0 Å². The number of unbranched alkanes of at least 4 members (excludes halogenated alkanes) is 2. The van der Waals surface area contributed by atoms with Crippen LogP contribution in [0.15, 0.2) is 36.4 Å². The van der Waals surface area contributed by atoms with Gasteiger partial charge in [0.2, 0.25) is 0 Å². The summed E-state index contributed by atoms with van der Waals surface area (Å²) in [5.41, 5.74) is 7.01. The second kappa shape index (κ2) is 8.99. The molecule has 2 aromatic carbocycles. The molecule has 0 aliphatic rings. The Kier molecular flexibility index (Phi) is 6.72. The number of carbonyl (C=O) groups is 2. The summed E-state index contributed by atoms with van der Waals surface area (Å²) in [7, 11) is 0. The number of hydrogen-bond acceptors (Lipinski definition) is 4. The van der Waals surface area contributed by atoms with Crippen molar-refractivity contribution in [2.24, 2.45) is 0 Å². The largest absolute Gasteiger partial charge is 0.481 e. The van der Waals surface area contributed by atoms with E-state index >= 15 is 0 Å². The lowest BCUT2D eigenvalue weighted by Crippen LogP contribution is -2.02. The van der Waals surface area contributed by atoms with Gasteiger partial charge in [0.1, 0.15) is 17.3 Å². The molecular weight excluding hydrogens is 337 g/mol. The summed E-state index contributed by atoms with van der Waals surface area (Å²) in [6, 6.07) is 8.46. The molecule has 26 heavy (non-hydrogen) atoms. The molecule has 0 aliphatic carbocycles. The van der Waals surface area contributed by atoms with Crippen LogP contribution in [0, 0.1) is 5.82 Å². The van der Waals surface area contributed by atoms with Crippen molar-refractivity contribution in [3.05, 3.63) is 53.3 Å². The number of nitrogen functional groups attached to an aromatic ring is 1. The van der Waals surface area contributed by atoms with Gasteiger partial charge in [0, 0.05) is 18.1 Å². The number of ketones is 1. The van der Waals surface area contributed by atoms with E-state index in [0.717, 1.165) is 31.4 Å². The summed E-state index contributed by atoms with van der Waals surface area (Å²) in [5.74, 6) is -1.21. The fourth-order valence-corrected chi connectivity index (χ4v) is 2.58. The molecule has 6 heteroatoms. The van der Waals surface area contributed by atoms with Gasteiger partial charge in [-0.3, -0.25) is 9.59 Å². The molecule has 0 aliphatic heterocycles. The molecule has 2 aromatic rings. The van der Waals surface area contributed by atoms with E-state index in [1.807, 2.05) is 0 Å². The highest BCUT2D eigenvalue weighted by molar-refractivity contribution is 5.97. The zero-order chi connectivity index (χ0) is 19.1. The highest BCUT2D eigenvalue weighted by Crippen LogP contribution is 2.30. The lowest BCUT2D eigenvalue weighted by molar-refractivity contribution is -0.136. The van der Waals surface area contributed by atoms with Crippen LogP contribution in [0.3, 0.4) is 0 Å². The van der Waals surface area contributed by atoms with Crippen molar-refractivity contribution in [2.45, 2.75) is 39.0 Å². The average molecular weight is 359 g/mol. The summed E-state index contributed by atoms with van der Waals surface area (Å²) >= 11 is 0. The monoisotopic (exact) mass is 359 g/mol. The minimum Gasteiger partial charge on any atom is -0.481 e. The summed E-state index contributed by atoms with van der Waals surface area (Å²) < 4.78 is 19.2. The number of benzene rings is 2. The molecule has 0 amide bonds. The fraction of sp³-hybridized carbons (Fsp3) is 0.300. The number of anilines is 1. The van der Waals surface area contributed by atoms with Gasteiger partial charge < -0.3 is 15.6 Å². The van der Waals surface area contributed by atoms with Gasteiger partial charge in [0.15, 0.2) is 5.78 Å². The third-order valence-corrected chi connectivity index (χ3v) is 3.85. The Hall–Kier alpha value is -2.89. The van der Waals surface area contributed by atoms with Gasteiger partial charge in [0.25, 0.3) is 0 Å². The lowest BCUT2D eigenvalue weighted by Gasteiger charge is -2.11. The van der Waals surface area contributed by atoms with E-state index in [0.29, 0.717) is 12.0 Å². The molecule has 0 atom stereocenters. The number of aliphatic carboxylic acids is 1. The van der Waals surface area contributed by atoms with E-state index in [4.69, 9.17) is 15.6 Å². The Balaban J connectivity index is 2.14. The molecule has 0 radical (unpaired) electrons. The first kappa shape index (κ1) is 19.4. The van der Waals surface area contributed by atoms with Gasteiger partial charge in [-0.1, -0.05) is 19.8 Å². The van der Waals surface area contributed by atoms with Crippen LogP contribution in [-0.2, 0) is 11.2 Å². The molecule has 3 N–H and O–H groups in total. The van der Waals surface area contributed by atoms with Crippen LogP contribution in [0.4, 0.5) is 10.1 Å². The molecule has 0 saturated heterocycles. The first-order valence-electron chi connectivity index (χ1n) is 8.51. The predicted octanol–water partition coefficient (Wildman–Crippen LogP) is 4.59. The Labute approximate surface area is 151 Å². The van der Waals surface area contributed by atoms with Crippen molar-refractivity contribution < 1.29 is 23.8 Å². The predicted molar refractivity (Wildman–Crippen MR) is 97.1 cm³/mol. The Morgan fingerprint density at radius 3 is 2.58 bits per heavy atom. The molecule has 5 nitrogen and oxygen atoms in total. The summed E-state index contributed by atoms with van der Waals surface area (Å²) in [4.78, 5) is 22.9. The molecule has 0 heterocycles. The number of ether oxygens (including phenoxy) is 1. The average Bonchev–Trinajstić information content (AvgIpc) is 2.55. The van der Waals surface area contributed by atoms with Crippen LogP contribution >= 0.6 is 0 Å². The van der Waals surface area contributed by atoms with E-state index < -0.39 is 11.8 Å². The minimum absolute atomic E-state index is 0.0196. The quantitative estimate of drug-likeness (QED) is 0.388. The van der Waals surface area contributed by atoms with Crippen LogP contribution in [0.2, 0.25) is 0 Å². The smallest absolute Gasteiger partial charge is 0.307 e. The number of rotatable bonds is 9. The Bertz CT molecular complexity index is 804. The second-order valence-electron chi connectivity index (χ2n) is 6.10. The van der Waals surface area contributed by atoms with Gasteiger partial charge >= 0.3 is 5.97 Å². The molecule has 2 rings (SSSR count). The number of carboxylic acids is 1. The standard InChI is InChI=1S/C20H22FNO4/c1-2-3-4-5-18(23)14-6-7-19(17(22)11-14)26-16-9-13(10-20(24)25)8-15(21)12-16/h6-9,11-12H,2-5,10,22H2,1H3,(H,24,25). The van der Waals surface area contributed by atoms with Gasteiger partial charge in [-0.05, 0) is 42.3 Å². The molecule has 138 valence electrons. The summed E-state index contributed by atoms with van der Waals surface area (Å²) in [6.07, 6.45) is 3.04. The van der Waals surface area contributed by atoms with Crippen molar-refractivity contribution in [3.8, 4) is 11.5 Å². The number of Topliss-reactive ketones (excluding diaryl/α,β-unsaturated/α-hetero) is 1. The molecule has 0 unspecified atom stereocenters. The highest BCUT2D eigenvalue weighted by Gasteiger charge is 2.11. The maximum absolute atomic E-state index is 13.7. The zero-order valence-corrected chi connectivity index (χ0v) is 14.6. The summed E-state index contributed by atoms with van der Waals surface area (Å²) in [6.45, 7) is 2.07. The van der Waals surface area contributed by atoms with Gasteiger partial charge in [-0.15, -0.1) is 0 Å². The topological polar surface area (TPSA) is 89.6 Å². The molecule has 0 saturated carbocycles. The van der Waals surface area contributed by atoms with Crippen LogP contribution in [-0.4, -0.2) is 16.9 Å². The minimum atomic E-state index is -1.06. The van der Waals surface area contributed by atoms with Crippen molar-refractivity contribution in [1.82, 2.24) is 0 Å². The van der Waals surface area contributed by atoms with E-state index in [9.17, 15) is 14.0 Å². The first-order valence-corrected chi connectivity index (χ1v) is 8.51. The maximum atomic E-state index is 13.7. The fourth-order valence-electron chi connectivity index (χ4n) is 2.58. The maximum Gasteiger partial charge on any atom is 0.307 e. The molecule has 0 bridgehead atoms. The molecule has 0 aromatic heterocycles. The van der Waals surface area contributed by atoms with Crippen molar-refractivity contribution in [3.63, 3.8) is 0 Å². The van der Waals surface area contributed by atoms with Gasteiger partial charge in [-0.25, -0.2) is 4.39 Å². The van der Waals surface area contributed by atoms with Crippen LogP contribution < -0.4 is 10.5 Å². The number of carbonyl (C=O) groups excluding carboxylic acids is 1. The second-order valence-corrected chi connectivity index (χ2v) is 6.10. The third kappa shape index (κ3) is 5.58. The SMILES string of the molecule is CCCCCC(=O)c1ccc(Oc2cc(F)cc(CC(=O)O)c2)c(N)c1. The number of carboxylic acid groups (broad SMARTS) is 1. The lowest BCUT2D eigenvalue weighted by atomic mass is 10.0. The molecular formula is C20H22FNO4. The Morgan fingerprint density at radius 1 is 1.15 bits per heavy atom. The molecule has 0 fully saturated rings. The van der Waals surface area contributed by atoms with E-state index in [-0.39, 0.29) is 35.0 Å². The Morgan fingerprint density at radius 2 is 1.92 bits per heavy atom. The number of halogens is 1. The van der Waals surface area contributed by atoms with Gasteiger partial charge in [0.05, 0.1) is 12.1 Å². The van der Waals surface area contributed by atoms with E-state index in [1.54, 1.807) is 18.2 Å². The van der Waals surface area contributed by atoms with E-state index in [2.05, 4.69) is 6.92 Å². The summed E-state index contributed by atoms with van der Waals surface area (Å²) in [5, 5.41) is 8.83. The highest BCUT2D eigenvalue weighted by atomic mass is 19.1.